The molecule has 3 nitrogen and oxygen atoms in total. The molecule has 0 radical (unpaired) electrons. The molecule has 1 fully saturated rings. The summed E-state index contributed by atoms with van der Waals surface area (Å²) in [5.41, 5.74) is 0.298. The van der Waals surface area contributed by atoms with E-state index in [1.807, 2.05) is 0 Å². The Balaban J connectivity index is 2.05. The van der Waals surface area contributed by atoms with E-state index in [9.17, 15) is 0 Å². The predicted octanol–water partition coefficient (Wildman–Crippen LogP) is 2.39. The number of rotatable bonds is 8. The van der Waals surface area contributed by atoms with Crippen LogP contribution in [0.15, 0.2) is 0 Å². The molecule has 3 heteroatoms. The maximum absolute atomic E-state index is 3.67. The molecule has 1 heterocycles. The molecule has 1 aliphatic heterocycles. The average Bonchev–Trinajstić information content (AvgIpc) is 2.73. The fraction of sp³-hybridized carbons (Fsp3) is 1.00. The standard InChI is InChI=1S/C15H33N3/c1-6-15(3,4)16-12-14(2)8-7-9-18-11-10-17(5)13-18/h14,16H,6-13H2,1-5H3. The van der Waals surface area contributed by atoms with Gasteiger partial charge < -0.3 is 5.32 Å². The van der Waals surface area contributed by atoms with Crippen LogP contribution in [0.1, 0.15) is 47.0 Å². The van der Waals surface area contributed by atoms with Gasteiger partial charge in [0.25, 0.3) is 0 Å². The quantitative estimate of drug-likeness (QED) is 0.718. The zero-order valence-corrected chi connectivity index (χ0v) is 13.1. The maximum atomic E-state index is 3.67. The van der Waals surface area contributed by atoms with Gasteiger partial charge in [-0.15, -0.1) is 0 Å². The molecule has 0 aliphatic carbocycles. The minimum absolute atomic E-state index is 0.298. The van der Waals surface area contributed by atoms with Crippen molar-refractivity contribution >= 4 is 0 Å². The van der Waals surface area contributed by atoms with Crippen LogP contribution in [0.3, 0.4) is 0 Å². The van der Waals surface area contributed by atoms with Crippen molar-refractivity contribution in [3.05, 3.63) is 0 Å². The summed E-state index contributed by atoms with van der Waals surface area (Å²) in [6.45, 7) is 15.3. The van der Waals surface area contributed by atoms with Gasteiger partial charge in [0.1, 0.15) is 0 Å². The SMILES string of the molecule is CCC(C)(C)NCC(C)CCCN1CCN(C)C1. The number of nitrogens with one attached hydrogen (secondary N) is 1. The Morgan fingerprint density at radius 2 is 2.00 bits per heavy atom. The van der Waals surface area contributed by atoms with Gasteiger partial charge in [0, 0.05) is 18.6 Å². The lowest BCUT2D eigenvalue weighted by Crippen LogP contribution is -2.41. The number of hydrogen-bond donors (Lipinski definition) is 1. The van der Waals surface area contributed by atoms with Crippen molar-refractivity contribution in [1.29, 1.82) is 0 Å². The maximum Gasteiger partial charge on any atom is 0.0504 e. The third-order valence-corrected chi connectivity index (χ3v) is 4.22. The van der Waals surface area contributed by atoms with Crippen LogP contribution >= 0.6 is 0 Å². The predicted molar refractivity (Wildman–Crippen MR) is 79.8 cm³/mol. The van der Waals surface area contributed by atoms with E-state index in [0.29, 0.717) is 5.54 Å². The lowest BCUT2D eigenvalue weighted by molar-refractivity contribution is 0.261. The van der Waals surface area contributed by atoms with Gasteiger partial charge in [0.2, 0.25) is 0 Å². The van der Waals surface area contributed by atoms with Gasteiger partial charge >= 0.3 is 0 Å². The highest BCUT2D eigenvalue weighted by Gasteiger charge is 2.17. The third-order valence-electron chi connectivity index (χ3n) is 4.22. The Bertz CT molecular complexity index is 228. The molecule has 0 aromatic carbocycles. The van der Waals surface area contributed by atoms with Crippen LogP contribution < -0.4 is 5.32 Å². The Labute approximate surface area is 114 Å². The number of likely N-dealkylation sites (N-methyl/N-ethyl adjacent to an activating group) is 1. The first-order valence-electron chi connectivity index (χ1n) is 7.59. The summed E-state index contributed by atoms with van der Waals surface area (Å²) in [4.78, 5) is 4.96. The fourth-order valence-electron chi connectivity index (χ4n) is 2.32. The molecule has 18 heavy (non-hydrogen) atoms. The van der Waals surface area contributed by atoms with E-state index in [1.54, 1.807) is 0 Å². The second-order valence-electron chi connectivity index (χ2n) is 6.70. The minimum Gasteiger partial charge on any atom is -0.312 e. The first-order chi connectivity index (χ1) is 8.43. The zero-order valence-electron chi connectivity index (χ0n) is 13.1. The number of nitrogens with zero attached hydrogens (tertiary/aromatic N) is 2. The largest absolute Gasteiger partial charge is 0.312 e. The van der Waals surface area contributed by atoms with E-state index in [2.05, 4.69) is 49.9 Å². The van der Waals surface area contributed by atoms with Crippen LogP contribution in [-0.2, 0) is 0 Å². The molecule has 1 saturated heterocycles. The van der Waals surface area contributed by atoms with E-state index < -0.39 is 0 Å². The molecule has 1 unspecified atom stereocenters. The van der Waals surface area contributed by atoms with E-state index in [-0.39, 0.29) is 0 Å². The van der Waals surface area contributed by atoms with E-state index >= 15 is 0 Å². The summed E-state index contributed by atoms with van der Waals surface area (Å²) in [5, 5.41) is 3.67. The average molecular weight is 255 g/mol. The molecular weight excluding hydrogens is 222 g/mol. The van der Waals surface area contributed by atoms with Gasteiger partial charge in [-0.2, -0.15) is 0 Å². The molecule has 0 saturated carbocycles. The van der Waals surface area contributed by atoms with Crippen molar-refractivity contribution in [3.63, 3.8) is 0 Å². The Morgan fingerprint density at radius 3 is 2.56 bits per heavy atom. The molecule has 0 amide bonds. The third kappa shape index (κ3) is 6.17. The van der Waals surface area contributed by atoms with E-state index in [0.717, 1.165) is 19.1 Å². The molecule has 1 atom stereocenters. The lowest BCUT2D eigenvalue weighted by atomic mass is 9.99. The molecule has 0 spiro atoms. The molecule has 108 valence electrons. The molecule has 0 aromatic rings. The smallest absolute Gasteiger partial charge is 0.0504 e. The van der Waals surface area contributed by atoms with Crippen molar-refractivity contribution in [1.82, 2.24) is 15.1 Å². The summed E-state index contributed by atoms with van der Waals surface area (Å²) in [6, 6.07) is 0. The normalized spacial score (nSPS) is 20.5. The first kappa shape index (κ1) is 15.9. The highest BCUT2D eigenvalue weighted by Crippen LogP contribution is 2.11. The Kier molecular flexibility index (Phi) is 6.61. The molecule has 0 aromatic heterocycles. The van der Waals surface area contributed by atoms with Gasteiger partial charge in [0.15, 0.2) is 0 Å². The van der Waals surface area contributed by atoms with E-state index in [1.165, 1.54) is 38.9 Å². The van der Waals surface area contributed by atoms with Crippen LogP contribution in [-0.4, -0.2) is 55.2 Å². The summed E-state index contributed by atoms with van der Waals surface area (Å²) in [6.07, 6.45) is 3.87. The van der Waals surface area contributed by atoms with Crippen molar-refractivity contribution in [2.45, 2.75) is 52.5 Å². The van der Waals surface area contributed by atoms with Gasteiger partial charge in [-0.05, 0) is 59.2 Å². The van der Waals surface area contributed by atoms with Gasteiger partial charge in [-0.1, -0.05) is 13.8 Å². The lowest BCUT2D eigenvalue weighted by Gasteiger charge is -2.27. The van der Waals surface area contributed by atoms with Gasteiger partial charge in [-0.3, -0.25) is 9.80 Å². The number of hydrogen-bond acceptors (Lipinski definition) is 3. The van der Waals surface area contributed by atoms with Crippen molar-refractivity contribution in [2.75, 3.05) is 39.9 Å². The van der Waals surface area contributed by atoms with Crippen LogP contribution in [0.2, 0.25) is 0 Å². The fourth-order valence-corrected chi connectivity index (χ4v) is 2.32. The first-order valence-corrected chi connectivity index (χ1v) is 7.59. The van der Waals surface area contributed by atoms with Crippen LogP contribution in [0, 0.1) is 5.92 Å². The minimum atomic E-state index is 0.298. The Morgan fingerprint density at radius 1 is 1.28 bits per heavy atom. The van der Waals surface area contributed by atoms with Crippen LogP contribution in [0.25, 0.3) is 0 Å². The molecule has 1 rings (SSSR count). The van der Waals surface area contributed by atoms with Crippen molar-refractivity contribution in [2.24, 2.45) is 5.92 Å². The molecular formula is C15H33N3. The highest BCUT2D eigenvalue weighted by atomic mass is 15.4. The molecule has 1 N–H and O–H groups in total. The summed E-state index contributed by atoms with van der Waals surface area (Å²) < 4.78 is 0. The summed E-state index contributed by atoms with van der Waals surface area (Å²) in [7, 11) is 2.21. The summed E-state index contributed by atoms with van der Waals surface area (Å²) in [5.74, 6) is 0.788. The topological polar surface area (TPSA) is 18.5 Å². The van der Waals surface area contributed by atoms with Crippen LogP contribution in [0.4, 0.5) is 0 Å². The highest BCUT2D eigenvalue weighted by molar-refractivity contribution is 4.76. The summed E-state index contributed by atoms with van der Waals surface area (Å²) >= 11 is 0. The van der Waals surface area contributed by atoms with Crippen molar-refractivity contribution < 1.29 is 0 Å². The monoisotopic (exact) mass is 255 g/mol. The van der Waals surface area contributed by atoms with Crippen molar-refractivity contribution in [3.8, 4) is 0 Å². The van der Waals surface area contributed by atoms with Gasteiger partial charge in [-0.25, -0.2) is 0 Å². The van der Waals surface area contributed by atoms with Gasteiger partial charge in [0.05, 0.1) is 6.67 Å². The molecule has 1 aliphatic rings. The second-order valence-corrected chi connectivity index (χ2v) is 6.70. The van der Waals surface area contributed by atoms with Crippen LogP contribution in [0.5, 0.6) is 0 Å². The zero-order chi connectivity index (χ0) is 13.6. The van der Waals surface area contributed by atoms with E-state index in [4.69, 9.17) is 0 Å². The second kappa shape index (κ2) is 7.46. The Hall–Kier alpha value is -0.120. The molecule has 0 bridgehead atoms.